The summed E-state index contributed by atoms with van der Waals surface area (Å²) in [6.45, 7) is -0.944. The molecule has 0 aliphatic carbocycles. The lowest BCUT2D eigenvalue weighted by molar-refractivity contribution is 0.175. The molecule has 16 heavy (non-hydrogen) atoms. The van der Waals surface area contributed by atoms with Crippen molar-refractivity contribution in [2.45, 2.75) is 16.4 Å². The lowest BCUT2D eigenvalue weighted by Crippen LogP contribution is -2.06. The van der Waals surface area contributed by atoms with Gasteiger partial charge < -0.3 is 0 Å². The highest BCUT2D eigenvalue weighted by Crippen LogP contribution is 2.20. The highest BCUT2D eigenvalue weighted by Gasteiger charge is 2.19. The number of hydrogen-bond acceptors (Lipinski definition) is 4. The van der Waals surface area contributed by atoms with Gasteiger partial charge in [-0.05, 0) is 12.1 Å². The molecule has 0 aliphatic heterocycles. The Morgan fingerprint density at radius 2 is 1.56 bits per heavy atom. The van der Waals surface area contributed by atoms with Crippen molar-refractivity contribution in [1.82, 2.24) is 0 Å². The molecule has 0 aliphatic rings. The second kappa shape index (κ2) is 4.11. The maximum absolute atomic E-state index is 10.8. The molecule has 0 saturated heterocycles. The molecule has 9 heteroatoms. The molecule has 1 rings (SSSR count). The van der Waals surface area contributed by atoms with Crippen molar-refractivity contribution in [2.24, 2.45) is 0 Å². The minimum absolute atomic E-state index is 0.282. The molecule has 0 unspecified atom stereocenters. The molecular formula is C7H7O7S2. The second-order valence-corrected chi connectivity index (χ2v) is 5.68. The molecule has 0 aromatic heterocycles. The van der Waals surface area contributed by atoms with Crippen LogP contribution in [-0.4, -0.2) is 25.9 Å². The largest absolute Gasteiger partial charge is 0.294 e. The lowest BCUT2D eigenvalue weighted by Gasteiger charge is -2.05. The fraction of sp³-hybridized carbons (Fsp3) is 0.143. The molecule has 7 nitrogen and oxygen atoms in total. The molecule has 0 spiro atoms. The Morgan fingerprint density at radius 1 is 1.00 bits per heavy atom. The van der Waals surface area contributed by atoms with Gasteiger partial charge in [0.25, 0.3) is 20.2 Å². The Morgan fingerprint density at radius 3 is 1.94 bits per heavy atom. The predicted octanol–water partition coefficient (Wildman–Crippen LogP) is 0.110. The van der Waals surface area contributed by atoms with E-state index in [1.807, 2.05) is 0 Å². The highest BCUT2D eigenvalue weighted by molar-refractivity contribution is 7.86. The summed E-state index contributed by atoms with van der Waals surface area (Å²) in [5.41, 5.74) is -0.282. The first-order valence-corrected chi connectivity index (χ1v) is 6.70. The molecule has 1 aromatic carbocycles. The zero-order valence-electron chi connectivity index (χ0n) is 7.69. The van der Waals surface area contributed by atoms with Crippen molar-refractivity contribution in [3.8, 4) is 0 Å². The third-order valence-electron chi connectivity index (χ3n) is 1.77. The summed E-state index contributed by atoms with van der Waals surface area (Å²) in [5, 5.41) is 10.6. The predicted molar refractivity (Wildman–Crippen MR) is 50.5 cm³/mol. The van der Waals surface area contributed by atoms with Crippen LogP contribution in [0.1, 0.15) is 5.56 Å². The fourth-order valence-electron chi connectivity index (χ4n) is 1.05. The zero-order chi connectivity index (χ0) is 12.6. The van der Waals surface area contributed by atoms with Crippen LogP contribution in [0.25, 0.3) is 0 Å². The smallest absolute Gasteiger partial charge is 0.282 e. The Balaban J connectivity index is 3.58. The van der Waals surface area contributed by atoms with E-state index in [1.165, 1.54) is 0 Å². The van der Waals surface area contributed by atoms with Gasteiger partial charge in [0.05, 0.1) is 4.90 Å². The third-order valence-corrected chi connectivity index (χ3v) is 3.56. The molecule has 0 fully saturated rings. The number of hydrogen-bond donors (Lipinski definition) is 2. The van der Waals surface area contributed by atoms with Crippen LogP contribution in [0.2, 0.25) is 0 Å². The molecule has 89 valence electrons. The van der Waals surface area contributed by atoms with Gasteiger partial charge in [-0.3, -0.25) is 9.11 Å². The first kappa shape index (κ1) is 13.1. The van der Waals surface area contributed by atoms with Gasteiger partial charge in [-0.1, -0.05) is 6.07 Å². The van der Waals surface area contributed by atoms with Crippen LogP contribution < -0.4 is 0 Å². The third kappa shape index (κ3) is 2.77. The van der Waals surface area contributed by atoms with Gasteiger partial charge in [0.1, 0.15) is 11.5 Å². The normalized spacial score (nSPS) is 12.7. The van der Waals surface area contributed by atoms with Crippen molar-refractivity contribution >= 4 is 20.2 Å². The van der Waals surface area contributed by atoms with Crippen LogP contribution in [0.15, 0.2) is 28.0 Å². The molecular weight excluding hydrogens is 260 g/mol. The Hall–Kier alpha value is -1.00. The zero-order valence-corrected chi connectivity index (χ0v) is 9.32. The van der Waals surface area contributed by atoms with Gasteiger partial charge in [-0.25, -0.2) is 5.11 Å². The van der Waals surface area contributed by atoms with Crippen molar-refractivity contribution < 1.29 is 31.0 Å². The van der Waals surface area contributed by atoms with Crippen LogP contribution in [0.4, 0.5) is 0 Å². The Labute approximate surface area is 91.8 Å². The van der Waals surface area contributed by atoms with E-state index in [9.17, 15) is 21.9 Å². The summed E-state index contributed by atoms with van der Waals surface area (Å²) in [7, 11) is -9.29. The van der Waals surface area contributed by atoms with Gasteiger partial charge in [0.2, 0.25) is 0 Å². The maximum Gasteiger partial charge on any atom is 0.294 e. The van der Waals surface area contributed by atoms with E-state index in [4.69, 9.17) is 9.11 Å². The van der Waals surface area contributed by atoms with E-state index in [-0.39, 0.29) is 5.56 Å². The highest BCUT2D eigenvalue weighted by atomic mass is 32.2. The van der Waals surface area contributed by atoms with Crippen molar-refractivity contribution in [3.05, 3.63) is 23.8 Å². The quantitative estimate of drug-likeness (QED) is 0.748. The fourth-order valence-corrected chi connectivity index (χ4v) is 2.37. The summed E-state index contributed by atoms with van der Waals surface area (Å²) in [5.74, 6) is 0. The maximum atomic E-state index is 10.8. The van der Waals surface area contributed by atoms with Gasteiger partial charge in [0, 0.05) is 5.56 Å². The van der Waals surface area contributed by atoms with E-state index in [1.54, 1.807) is 0 Å². The summed E-state index contributed by atoms with van der Waals surface area (Å²) in [6, 6.07) is 2.31. The summed E-state index contributed by atoms with van der Waals surface area (Å²) in [6.07, 6.45) is 0. The molecule has 0 heterocycles. The first-order valence-electron chi connectivity index (χ1n) is 3.82. The summed E-state index contributed by atoms with van der Waals surface area (Å²) >= 11 is 0. The van der Waals surface area contributed by atoms with Crippen molar-refractivity contribution in [3.63, 3.8) is 0 Å². The average Bonchev–Trinajstić information content (AvgIpc) is 2.14. The van der Waals surface area contributed by atoms with Crippen LogP contribution in [0, 0.1) is 0 Å². The van der Waals surface area contributed by atoms with E-state index < -0.39 is 36.6 Å². The topological polar surface area (TPSA) is 129 Å². The van der Waals surface area contributed by atoms with Crippen molar-refractivity contribution in [2.75, 3.05) is 0 Å². The molecule has 0 bridgehead atoms. The van der Waals surface area contributed by atoms with E-state index >= 15 is 0 Å². The van der Waals surface area contributed by atoms with Crippen LogP contribution in [-0.2, 0) is 31.9 Å². The minimum atomic E-state index is -4.70. The molecule has 1 aromatic rings. The lowest BCUT2D eigenvalue weighted by atomic mass is 10.2. The standard InChI is InChI=1S/C7H7O7S2/c8-4-5-1-2-6(15(9,10)11)3-7(5)16(12,13)14/h1-3H,4H2,(H,9,10,11)(H,12,13,14). The van der Waals surface area contributed by atoms with Gasteiger partial charge in [-0.2, -0.15) is 16.8 Å². The first-order chi connectivity index (χ1) is 7.16. The number of benzene rings is 1. The monoisotopic (exact) mass is 267 g/mol. The molecule has 2 N–H and O–H groups in total. The number of rotatable bonds is 3. The second-order valence-electron chi connectivity index (χ2n) is 2.86. The van der Waals surface area contributed by atoms with E-state index in [2.05, 4.69) is 0 Å². The molecule has 0 atom stereocenters. The average molecular weight is 267 g/mol. The van der Waals surface area contributed by atoms with Gasteiger partial charge in [0.15, 0.2) is 0 Å². The van der Waals surface area contributed by atoms with E-state index in [0.717, 1.165) is 12.1 Å². The van der Waals surface area contributed by atoms with Gasteiger partial charge in [-0.15, -0.1) is 0 Å². The van der Waals surface area contributed by atoms with Gasteiger partial charge >= 0.3 is 0 Å². The van der Waals surface area contributed by atoms with Crippen LogP contribution >= 0.6 is 0 Å². The SMILES string of the molecule is [O]Cc1ccc(S(=O)(=O)O)cc1S(=O)(=O)O. The summed E-state index contributed by atoms with van der Waals surface area (Å²) < 4.78 is 60.5. The molecule has 0 saturated carbocycles. The minimum Gasteiger partial charge on any atom is -0.282 e. The Kier molecular flexibility index (Phi) is 3.35. The van der Waals surface area contributed by atoms with Crippen LogP contribution in [0.3, 0.4) is 0 Å². The molecule has 1 radical (unpaired) electrons. The molecule has 0 amide bonds. The van der Waals surface area contributed by atoms with Crippen molar-refractivity contribution in [1.29, 1.82) is 0 Å². The van der Waals surface area contributed by atoms with Crippen LogP contribution in [0.5, 0.6) is 0 Å². The Bertz CT molecular complexity index is 600. The summed E-state index contributed by atoms with van der Waals surface area (Å²) in [4.78, 5) is -1.53. The van der Waals surface area contributed by atoms with E-state index in [0.29, 0.717) is 6.07 Å².